The van der Waals surface area contributed by atoms with Gasteiger partial charge in [0.05, 0.1) is 10.0 Å². The van der Waals surface area contributed by atoms with Crippen molar-refractivity contribution < 1.29 is 0 Å². The number of nitrogens with one attached hydrogen (secondary N) is 1. The van der Waals surface area contributed by atoms with E-state index in [9.17, 15) is 0 Å². The molecule has 106 valence electrons. The first kappa shape index (κ1) is 15.8. The normalized spacial score (nSPS) is 21.3. The van der Waals surface area contributed by atoms with Gasteiger partial charge >= 0.3 is 0 Å². The maximum Gasteiger partial charge on any atom is 0.0595 e. The Bertz CT molecular complexity index is 408. The number of rotatable bonds is 5. The molecule has 1 fully saturated rings. The summed E-state index contributed by atoms with van der Waals surface area (Å²) in [6.07, 6.45) is 1.06. The Hall–Kier alpha value is 0.460. The summed E-state index contributed by atoms with van der Waals surface area (Å²) in [5.41, 5.74) is 1.23. The lowest BCUT2D eigenvalue weighted by Crippen LogP contribution is -2.31. The van der Waals surface area contributed by atoms with E-state index in [0.29, 0.717) is 16.1 Å². The van der Waals surface area contributed by atoms with Crippen LogP contribution in [0.2, 0.25) is 10.0 Å². The first-order chi connectivity index (χ1) is 9.20. The summed E-state index contributed by atoms with van der Waals surface area (Å²) in [5, 5.41) is 5.66. The number of halogens is 2. The van der Waals surface area contributed by atoms with Gasteiger partial charge in [0.15, 0.2) is 0 Å². The minimum absolute atomic E-state index is 0.363. The minimum atomic E-state index is 0.363. The summed E-state index contributed by atoms with van der Waals surface area (Å²) in [6.45, 7) is 3.26. The van der Waals surface area contributed by atoms with Gasteiger partial charge in [0.2, 0.25) is 0 Å². The van der Waals surface area contributed by atoms with Crippen LogP contribution in [-0.4, -0.2) is 29.1 Å². The van der Waals surface area contributed by atoms with Crippen LogP contribution in [0, 0.1) is 0 Å². The molecule has 0 saturated carbocycles. The fourth-order valence-corrected chi connectivity index (χ4v) is 5.09. The summed E-state index contributed by atoms with van der Waals surface area (Å²) >= 11 is 16.2. The second-order valence-electron chi connectivity index (χ2n) is 4.61. The van der Waals surface area contributed by atoms with Crippen LogP contribution in [0.15, 0.2) is 18.2 Å². The Morgan fingerprint density at radius 3 is 2.79 bits per heavy atom. The van der Waals surface area contributed by atoms with E-state index in [1.165, 1.54) is 22.8 Å². The standard InChI is InChI=1S/C14H19Cl2NS2/c1-2-14(10-3-4-12(15)13(16)7-10)17-8-11-9-18-5-6-19-11/h3-4,7,11,14,17H,2,5-6,8-9H2,1H3. The number of hydrogen-bond acceptors (Lipinski definition) is 3. The summed E-state index contributed by atoms with van der Waals surface area (Å²) < 4.78 is 0. The molecule has 0 aliphatic carbocycles. The molecule has 19 heavy (non-hydrogen) atoms. The molecule has 1 saturated heterocycles. The second-order valence-corrected chi connectivity index (χ2v) is 7.98. The molecule has 0 spiro atoms. The lowest BCUT2D eigenvalue weighted by molar-refractivity contribution is 0.523. The molecule has 0 amide bonds. The van der Waals surface area contributed by atoms with Crippen molar-refractivity contribution in [1.29, 1.82) is 0 Å². The zero-order chi connectivity index (χ0) is 13.7. The topological polar surface area (TPSA) is 12.0 Å². The average molecular weight is 336 g/mol. The molecule has 1 aromatic rings. The van der Waals surface area contributed by atoms with Gasteiger partial charge in [-0.1, -0.05) is 36.2 Å². The summed E-state index contributed by atoms with van der Waals surface area (Å²) in [6, 6.07) is 6.29. The van der Waals surface area contributed by atoms with Gasteiger partial charge in [-0.3, -0.25) is 0 Å². The van der Waals surface area contributed by atoms with Crippen molar-refractivity contribution >= 4 is 46.7 Å². The molecule has 5 heteroatoms. The lowest BCUT2D eigenvalue weighted by Gasteiger charge is -2.25. The van der Waals surface area contributed by atoms with Crippen molar-refractivity contribution in [3.05, 3.63) is 33.8 Å². The fraction of sp³-hybridized carbons (Fsp3) is 0.571. The van der Waals surface area contributed by atoms with Crippen LogP contribution in [0.1, 0.15) is 24.9 Å². The largest absolute Gasteiger partial charge is 0.309 e. The van der Waals surface area contributed by atoms with E-state index < -0.39 is 0 Å². The van der Waals surface area contributed by atoms with Crippen LogP contribution in [0.5, 0.6) is 0 Å². The van der Waals surface area contributed by atoms with E-state index in [1.807, 2.05) is 12.1 Å². The highest BCUT2D eigenvalue weighted by molar-refractivity contribution is 8.06. The van der Waals surface area contributed by atoms with Crippen molar-refractivity contribution in [3.63, 3.8) is 0 Å². The fourth-order valence-electron chi connectivity index (χ4n) is 2.16. The zero-order valence-electron chi connectivity index (χ0n) is 11.0. The molecule has 1 nitrogen and oxygen atoms in total. The highest BCUT2D eigenvalue weighted by Crippen LogP contribution is 2.28. The molecule has 0 aromatic heterocycles. The van der Waals surface area contributed by atoms with E-state index in [0.717, 1.165) is 18.2 Å². The Balaban J connectivity index is 1.93. The smallest absolute Gasteiger partial charge is 0.0595 e. The van der Waals surface area contributed by atoms with Crippen molar-refractivity contribution in [3.8, 4) is 0 Å². The molecule has 2 atom stereocenters. The Kier molecular flexibility index (Phi) is 6.70. The minimum Gasteiger partial charge on any atom is -0.309 e. The molecular weight excluding hydrogens is 317 g/mol. The van der Waals surface area contributed by atoms with Gasteiger partial charge in [0.1, 0.15) is 0 Å². The van der Waals surface area contributed by atoms with Crippen LogP contribution in [0.4, 0.5) is 0 Å². The highest BCUT2D eigenvalue weighted by Gasteiger charge is 2.17. The molecule has 0 bridgehead atoms. The summed E-state index contributed by atoms with van der Waals surface area (Å²) in [4.78, 5) is 0. The Morgan fingerprint density at radius 1 is 1.32 bits per heavy atom. The zero-order valence-corrected chi connectivity index (χ0v) is 14.1. The molecule has 1 aromatic carbocycles. The molecule has 1 N–H and O–H groups in total. The van der Waals surface area contributed by atoms with Crippen molar-refractivity contribution in [2.24, 2.45) is 0 Å². The van der Waals surface area contributed by atoms with E-state index in [4.69, 9.17) is 23.2 Å². The SMILES string of the molecule is CCC(NCC1CSCCS1)c1ccc(Cl)c(Cl)c1. The van der Waals surface area contributed by atoms with Crippen molar-refractivity contribution in [2.45, 2.75) is 24.6 Å². The van der Waals surface area contributed by atoms with Crippen molar-refractivity contribution in [1.82, 2.24) is 5.32 Å². The van der Waals surface area contributed by atoms with Gasteiger partial charge in [0, 0.05) is 35.1 Å². The predicted octanol–water partition coefficient (Wildman–Crippen LogP) is 4.88. The molecular formula is C14H19Cl2NS2. The van der Waals surface area contributed by atoms with E-state index >= 15 is 0 Å². The number of hydrogen-bond donors (Lipinski definition) is 1. The van der Waals surface area contributed by atoms with Gasteiger partial charge in [-0.2, -0.15) is 23.5 Å². The Labute approximate surface area is 134 Å². The molecule has 1 heterocycles. The molecule has 1 aliphatic heterocycles. The highest BCUT2D eigenvalue weighted by atomic mass is 35.5. The summed E-state index contributed by atoms with van der Waals surface area (Å²) in [7, 11) is 0. The van der Waals surface area contributed by atoms with E-state index in [-0.39, 0.29) is 0 Å². The average Bonchev–Trinajstić information content (AvgIpc) is 2.44. The molecule has 2 unspecified atom stereocenters. The third-order valence-electron chi connectivity index (χ3n) is 3.23. The Morgan fingerprint density at radius 2 is 2.16 bits per heavy atom. The lowest BCUT2D eigenvalue weighted by atomic mass is 10.0. The van der Waals surface area contributed by atoms with Crippen LogP contribution in [0.25, 0.3) is 0 Å². The van der Waals surface area contributed by atoms with Crippen LogP contribution >= 0.6 is 46.7 Å². The monoisotopic (exact) mass is 335 g/mol. The quantitative estimate of drug-likeness (QED) is 0.823. The second kappa shape index (κ2) is 8.04. The van der Waals surface area contributed by atoms with Crippen molar-refractivity contribution in [2.75, 3.05) is 23.8 Å². The van der Waals surface area contributed by atoms with Gasteiger partial charge in [-0.15, -0.1) is 0 Å². The van der Waals surface area contributed by atoms with E-state index in [2.05, 4.69) is 41.8 Å². The first-order valence-corrected chi connectivity index (χ1v) is 9.54. The first-order valence-electron chi connectivity index (χ1n) is 6.58. The third-order valence-corrected chi connectivity index (χ3v) is 6.82. The molecule has 1 aliphatic rings. The maximum atomic E-state index is 6.10. The van der Waals surface area contributed by atoms with Gasteiger partial charge in [-0.05, 0) is 24.1 Å². The van der Waals surface area contributed by atoms with Crippen LogP contribution in [-0.2, 0) is 0 Å². The summed E-state index contributed by atoms with van der Waals surface area (Å²) in [5.74, 6) is 3.83. The van der Waals surface area contributed by atoms with Gasteiger partial charge in [0.25, 0.3) is 0 Å². The third kappa shape index (κ3) is 4.75. The number of thioether (sulfide) groups is 2. The van der Waals surface area contributed by atoms with Gasteiger partial charge < -0.3 is 5.32 Å². The van der Waals surface area contributed by atoms with E-state index in [1.54, 1.807) is 0 Å². The maximum absolute atomic E-state index is 6.10. The van der Waals surface area contributed by atoms with Crippen LogP contribution < -0.4 is 5.32 Å². The van der Waals surface area contributed by atoms with Crippen LogP contribution in [0.3, 0.4) is 0 Å². The molecule has 0 radical (unpaired) electrons. The molecule has 2 rings (SSSR count). The predicted molar refractivity (Wildman–Crippen MR) is 91.1 cm³/mol. The number of benzene rings is 1. The van der Waals surface area contributed by atoms with Gasteiger partial charge in [-0.25, -0.2) is 0 Å².